The second-order valence-corrected chi connectivity index (χ2v) is 6.09. The molecular weight excluding hydrogens is 316 g/mol. The molecule has 2 heterocycles. The molecule has 0 bridgehead atoms. The quantitative estimate of drug-likeness (QED) is 0.720. The molecule has 130 valence electrons. The molecule has 2 N–H and O–H groups in total. The van der Waals surface area contributed by atoms with E-state index in [2.05, 4.69) is 63.4 Å². The van der Waals surface area contributed by atoms with E-state index < -0.39 is 0 Å². The average Bonchev–Trinajstić information content (AvgIpc) is 3.09. The van der Waals surface area contributed by atoms with Gasteiger partial charge in [-0.25, -0.2) is 15.0 Å². The van der Waals surface area contributed by atoms with Crippen LogP contribution in [0.2, 0.25) is 0 Å². The van der Waals surface area contributed by atoms with Gasteiger partial charge in [0, 0.05) is 7.05 Å². The lowest BCUT2D eigenvalue weighted by atomic mass is 10.0. The van der Waals surface area contributed by atoms with Crippen LogP contribution in [-0.4, -0.2) is 39.4 Å². The Balaban J connectivity index is 1.68. The Bertz CT molecular complexity index is 857. The van der Waals surface area contributed by atoms with Crippen molar-refractivity contribution in [2.45, 2.75) is 26.3 Å². The highest BCUT2D eigenvalue weighted by molar-refractivity contribution is 5.87. The van der Waals surface area contributed by atoms with E-state index in [4.69, 9.17) is 0 Å². The van der Waals surface area contributed by atoms with E-state index in [-0.39, 0.29) is 18.5 Å². The van der Waals surface area contributed by atoms with Crippen LogP contribution in [0.3, 0.4) is 0 Å². The first-order chi connectivity index (χ1) is 12.1. The summed E-state index contributed by atoms with van der Waals surface area (Å²) in [5.74, 6) is 0.599. The van der Waals surface area contributed by atoms with Crippen molar-refractivity contribution >= 4 is 22.9 Å². The molecule has 0 aliphatic heterocycles. The molecular formula is C18H22N6O. The number of nitrogens with one attached hydrogen (secondary N) is 2. The summed E-state index contributed by atoms with van der Waals surface area (Å²) in [5, 5.41) is 3.10. The van der Waals surface area contributed by atoms with Crippen LogP contribution in [0.4, 0.5) is 5.82 Å². The van der Waals surface area contributed by atoms with Crippen LogP contribution in [0.25, 0.3) is 11.2 Å². The third-order valence-electron chi connectivity index (χ3n) is 4.17. The normalized spacial score (nSPS) is 12.1. The van der Waals surface area contributed by atoms with Crippen molar-refractivity contribution in [3.05, 3.63) is 48.0 Å². The first-order valence-corrected chi connectivity index (χ1v) is 8.29. The number of nitrogens with zero attached hydrogens (tertiary/aromatic N) is 4. The lowest BCUT2D eigenvalue weighted by Gasteiger charge is -2.21. The van der Waals surface area contributed by atoms with E-state index in [1.54, 1.807) is 11.2 Å². The summed E-state index contributed by atoms with van der Waals surface area (Å²) in [7, 11) is 1.83. The number of imidazole rings is 1. The number of carbonyl (C=O) groups is 1. The number of likely N-dealkylation sites (N-methyl/N-ethyl adjacent to an activating group) is 1. The number of benzene rings is 1. The highest BCUT2D eigenvalue weighted by Gasteiger charge is 2.17. The fourth-order valence-electron chi connectivity index (χ4n) is 2.79. The number of hydrogen-bond donors (Lipinski definition) is 2. The molecule has 0 aliphatic carbocycles. The molecule has 0 fully saturated rings. The van der Waals surface area contributed by atoms with Crippen molar-refractivity contribution < 1.29 is 4.79 Å². The molecule has 3 aromatic rings. The fraction of sp³-hybridized carbons (Fsp3) is 0.333. The molecule has 1 unspecified atom stereocenters. The summed E-state index contributed by atoms with van der Waals surface area (Å²) < 4.78 is 0. The smallest absolute Gasteiger partial charge is 0.240 e. The van der Waals surface area contributed by atoms with Gasteiger partial charge in [-0.1, -0.05) is 36.8 Å². The number of aromatic nitrogens is 4. The third-order valence-corrected chi connectivity index (χ3v) is 4.17. The Hall–Kier alpha value is -2.96. The molecule has 0 saturated heterocycles. The van der Waals surface area contributed by atoms with E-state index >= 15 is 0 Å². The van der Waals surface area contributed by atoms with E-state index in [1.165, 1.54) is 11.9 Å². The van der Waals surface area contributed by atoms with E-state index in [0.717, 1.165) is 17.5 Å². The van der Waals surface area contributed by atoms with Gasteiger partial charge in [-0.2, -0.15) is 0 Å². The van der Waals surface area contributed by atoms with Gasteiger partial charge < -0.3 is 15.2 Å². The van der Waals surface area contributed by atoms with Gasteiger partial charge in [0.15, 0.2) is 11.5 Å². The summed E-state index contributed by atoms with van der Waals surface area (Å²) in [6.07, 6.45) is 3.85. The zero-order valence-corrected chi connectivity index (χ0v) is 14.7. The number of amides is 1. The van der Waals surface area contributed by atoms with Gasteiger partial charge in [0.1, 0.15) is 11.8 Å². The van der Waals surface area contributed by atoms with Gasteiger partial charge in [0.05, 0.1) is 18.9 Å². The number of anilines is 1. The minimum atomic E-state index is -0.0544. The fourth-order valence-corrected chi connectivity index (χ4v) is 2.79. The van der Waals surface area contributed by atoms with Crippen molar-refractivity contribution in [1.29, 1.82) is 0 Å². The van der Waals surface area contributed by atoms with Crippen LogP contribution in [0.1, 0.15) is 30.5 Å². The number of carbonyl (C=O) groups excluding carboxylic acids is 1. The Labute approximate surface area is 146 Å². The maximum atomic E-state index is 12.5. The van der Waals surface area contributed by atoms with E-state index in [9.17, 15) is 4.79 Å². The van der Waals surface area contributed by atoms with E-state index in [1.807, 2.05) is 7.05 Å². The summed E-state index contributed by atoms with van der Waals surface area (Å²) in [5.41, 5.74) is 3.63. The number of H-pyrrole nitrogens is 1. The van der Waals surface area contributed by atoms with E-state index in [0.29, 0.717) is 11.5 Å². The van der Waals surface area contributed by atoms with Crippen molar-refractivity contribution in [1.82, 2.24) is 25.3 Å². The van der Waals surface area contributed by atoms with Crippen LogP contribution in [-0.2, 0) is 4.79 Å². The number of hydrogen-bond acceptors (Lipinski definition) is 5. The van der Waals surface area contributed by atoms with Gasteiger partial charge >= 0.3 is 0 Å². The third kappa shape index (κ3) is 3.76. The van der Waals surface area contributed by atoms with Crippen LogP contribution in [0.5, 0.6) is 0 Å². The second kappa shape index (κ2) is 7.29. The lowest BCUT2D eigenvalue weighted by Crippen LogP contribution is -2.37. The number of aryl methyl sites for hydroxylation is 1. The number of rotatable bonds is 6. The first kappa shape index (κ1) is 16.9. The van der Waals surface area contributed by atoms with Crippen LogP contribution < -0.4 is 10.2 Å². The molecule has 0 saturated carbocycles. The maximum absolute atomic E-state index is 12.5. The Kier molecular flexibility index (Phi) is 4.92. The molecule has 0 aliphatic rings. The highest BCUT2D eigenvalue weighted by atomic mass is 16.2. The first-order valence-electron chi connectivity index (χ1n) is 8.29. The largest absolute Gasteiger partial charge is 0.348 e. The van der Waals surface area contributed by atoms with Crippen molar-refractivity contribution in [2.75, 3.05) is 18.5 Å². The Morgan fingerprint density at radius 2 is 2.00 bits per heavy atom. The molecule has 1 atom stereocenters. The molecule has 25 heavy (non-hydrogen) atoms. The van der Waals surface area contributed by atoms with Gasteiger partial charge in [-0.05, 0) is 18.9 Å². The van der Waals surface area contributed by atoms with Gasteiger partial charge in [-0.15, -0.1) is 0 Å². The highest BCUT2D eigenvalue weighted by Crippen LogP contribution is 2.19. The summed E-state index contributed by atoms with van der Waals surface area (Å²) in [6, 6.07) is 8.25. The topological polar surface area (TPSA) is 86.8 Å². The monoisotopic (exact) mass is 338 g/mol. The van der Waals surface area contributed by atoms with Crippen molar-refractivity contribution in [3.8, 4) is 0 Å². The predicted octanol–water partition coefficient (Wildman–Crippen LogP) is 2.37. The van der Waals surface area contributed by atoms with Crippen molar-refractivity contribution in [2.24, 2.45) is 0 Å². The number of aromatic amines is 1. The minimum Gasteiger partial charge on any atom is -0.348 e. The lowest BCUT2D eigenvalue weighted by molar-refractivity contribution is -0.120. The summed E-state index contributed by atoms with van der Waals surface area (Å²) >= 11 is 0. The molecule has 0 radical (unpaired) electrons. The molecule has 1 amide bonds. The zero-order chi connectivity index (χ0) is 17.8. The molecule has 1 aromatic carbocycles. The van der Waals surface area contributed by atoms with Crippen LogP contribution in [0.15, 0.2) is 36.9 Å². The number of fused-ring (bicyclic) bond motifs is 1. The Morgan fingerprint density at radius 1 is 1.24 bits per heavy atom. The van der Waals surface area contributed by atoms with Gasteiger partial charge in [-0.3, -0.25) is 4.79 Å². The Morgan fingerprint density at radius 3 is 2.72 bits per heavy atom. The molecule has 7 heteroatoms. The zero-order valence-electron chi connectivity index (χ0n) is 14.7. The van der Waals surface area contributed by atoms with Gasteiger partial charge in [0.25, 0.3) is 0 Å². The average molecular weight is 338 g/mol. The molecule has 7 nitrogen and oxygen atoms in total. The molecule has 0 spiro atoms. The SMILES string of the molecule is CCC(NC(=O)CN(C)c1ncnc2nc[nH]c12)c1ccc(C)cc1. The van der Waals surface area contributed by atoms with Gasteiger partial charge in [0.2, 0.25) is 5.91 Å². The maximum Gasteiger partial charge on any atom is 0.240 e. The van der Waals surface area contributed by atoms with Crippen molar-refractivity contribution in [3.63, 3.8) is 0 Å². The standard InChI is InChI=1S/C18H22N6O/c1-4-14(13-7-5-12(2)6-8-13)23-15(25)9-24(3)18-16-17(20-10-19-16)21-11-22-18/h5-8,10-11,14H,4,9H2,1-3H3,(H,23,25)(H,19,20,21,22). The summed E-state index contributed by atoms with van der Waals surface area (Å²) in [4.78, 5) is 29.8. The van der Waals surface area contributed by atoms with Crippen LogP contribution in [0, 0.1) is 6.92 Å². The minimum absolute atomic E-state index is 0.000859. The predicted molar refractivity (Wildman–Crippen MR) is 97.3 cm³/mol. The van der Waals surface area contributed by atoms with Crippen LogP contribution >= 0.6 is 0 Å². The molecule has 2 aromatic heterocycles. The summed E-state index contributed by atoms with van der Waals surface area (Å²) in [6.45, 7) is 4.32. The second-order valence-electron chi connectivity index (χ2n) is 6.09. The molecule has 3 rings (SSSR count).